The van der Waals surface area contributed by atoms with Crippen LogP contribution in [0.5, 0.6) is 0 Å². The number of hydrogen-bond acceptors (Lipinski definition) is 3. The Morgan fingerprint density at radius 1 is 1.61 bits per heavy atom. The second-order valence-corrected chi connectivity index (χ2v) is 5.12. The molecule has 2 rings (SSSR count). The highest BCUT2D eigenvalue weighted by Crippen LogP contribution is 2.24. The number of ketones is 1. The van der Waals surface area contributed by atoms with Crippen molar-refractivity contribution in [3.8, 4) is 0 Å². The summed E-state index contributed by atoms with van der Waals surface area (Å²) in [5, 5.41) is 4.97. The molecule has 18 heavy (non-hydrogen) atoms. The fourth-order valence-corrected chi connectivity index (χ4v) is 2.68. The summed E-state index contributed by atoms with van der Waals surface area (Å²) in [5.41, 5.74) is 1.69. The number of carbonyl (C=O) groups is 1. The van der Waals surface area contributed by atoms with Gasteiger partial charge in [-0.3, -0.25) is 9.48 Å². The lowest BCUT2D eigenvalue weighted by Gasteiger charge is -2.20. The van der Waals surface area contributed by atoms with E-state index in [4.69, 9.17) is 16.3 Å². The highest BCUT2D eigenvalue weighted by Gasteiger charge is 2.24. The van der Waals surface area contributed by atoms with Crippen molar-refractivity contribution < 1.29 is 9.53 Å². The van der Waals surface area contributed by atoms with Crippen molar-refractivity contribution in [2.24, 2.45) is 13.0 Å². The van der Waals surface area contributed by atoms with Gasteiger partial charge in [0.25, 0.3) is 0 Å². The van der Waals surface area contributed by atoms with Crippen LogP contribution in [0.15, 0.2) is 0 Å². The number of nitrogens with zero attached hydrogens (tertiary/aromatic N) is 2. The van der Waals surface area contributed by atoms with Gasteiger partial charge < -0.3 is 4.74 Å². The van der Waals surface area contributed by atoms with Gasteiger partial charge in [0, 0.05) is 19.6 Å². The Hall–Kier alpha value is -0.870. The molecule has 1 unspecified atom stereocenters. The zero-order valence-corrected chi connectivity index (χ0v) is 11.7. The van der Waals surface area contributed by atoms with E-state index in [1.54, 1.807) is 4.68 Å². The third-order valence-corrected chi connectivity index (χ3v) is 3.90. The number of rotatable bonds is 4. The van der Waals surface area contributed by atoms with Gasteiger partial charge in [-0.15, -0.1) is 0 Å². The van der Waals surface area contributed by atoms with E-state index >= 15 is 0 Å². The third kappa shape index (κ3) is 2.75. The highest BCUT2D eigenvalue weighted by molar-refractivity contribution is 6.32. The lowest BCUT2D eigenvalue weighted by molar-refractivity contribution is -0.126. The molecule has 0 radical (unpaired) electrons. The van der Waals surface area contributed by atoms with E-state index in [2.05, 4.69) is 5.10 Å². The number of aryl methyl sites for hydroxylation is 2. The van der Waals surface area contributed by atoms with E-state index in [1.807, 2.05) is 14.0 Å². The second kappa shape index (κ2) is 5.85. The number of carbonyl (C=O) groups excluding carboxylic acids is 1. The molecule has 1 saturated heterocycles. The van der Waals surface area contributed by atoms with Crippen LogP contribution in [0.1, 0.15) is 31.2 Å². The molecule has 0 aromatic carbocycles. The predicted molar refractivity (Wildman–Crippen MR) is 69.9 cm³/mol. The van der Waals surface area contributed by atoms with Gasteiger partial charge >= 0.3 is 0 Å². The minimum Gasteiger partial charge on any atom is -0.381 e. The molecule has 0 saturated carbocycles. The van der Waals surface area contributed by atoms with Crippen LogP contribution in [-0.4, -0.2) is 28.8 Å². The summed E-state index contributed by atoms with van der Waals surface area (Å²) in [6, 6.07) is 0. The molecule has 100 valence electrons. The van der Waals surface area contributed by atoms with E-state index in [-0.39, 0.29) is 11.7 Å². The molecule has 1 atom stereocenters. The first-order valence-electron chi connectivity index (χ1n) is 6.44. The summed E-state index contributed by atoms with van der Waals surface area (Å²) >= 11 is 6.25. The molecule has 0 aliphatic carbocycles. The first-order valence-corrected chi connectivity index (χ1v) is 6.82. The van der Waals surface area contributed by atoms with E-state index < -0.39 is 0 Å². The lowest BCUT2D eigenvalue weighted by atomic mass is 9.94. The number of aromatic nitrogens is 2. The van der Waals surface area contributed by atoms with Crippen molar-refractivity contribution in [3.05, 3.63) is 16.4 Å². The molecule has 0 amide bonds. The maximum absolute atomic E-state index is 12.2. The SMILES string of the molecule is CCc1nn(C)c(CC(=O)C2CCCOC2)c1Cl. The van der Waals surface area contributed by atoms with Crippen LogP contribution in [0.2, 0.25) is 5.02 Å². The fraction of sp³-hybridized carbons (Fsp3) is 0.692. The molecule has 0 spiro atoms. The van der Waals surface area contributed by atoms with Crippen molar-refractivity contribution >= 4 is 17.4 Å². The Bertz CT molecular complexity index is 436. The molecular weight excluding hydrogens is 252 g/mol. The molecule has 1 fully saturated rings. The summed E-state index contributed by atoms with van der Waals surface area (Å²) in [7, 11) is 1.84. The molecule has 2 heterocycles. The van der Waals surface area contributed by atoms with Crippen molar-refractivity contribution in [2.45, 2.75) is 32.6 Å². The van der Waals surface area contributed by atoms with Crippen LogP contribution in [0.25, 0.3) is 0 Å². The van der Waals surface area contributed by atoms with E-state index in [9.17, 15) is 4.79 Å². The topological polar surface area (TPSA) is 44.1 Å². The molecule has 5 heteroatoms. The van der Waals surface area contributed by atoms with Crippen molar-refractivity contribution in [1.29, 1.82) is 0 Å². The Morgan fingerprint density at radius 2 is 2.39 bits per heavy atom. The van der Waals surface area contributed by atoms with Crippen LogP contribution in [0.3, 0.4) is 0 Å². The van der Waals surface area contributed by atoms with E-state index in [0.29, 0.717) is 18.1 Å². The molecule has 1 aromatic heterocycles. The van der Waals surface area contributed by atoms with Gasteiger partial charge in [-0.1, -0.05) is 18.5 Å². The van der Waals surface area contributed by atoms with E-state index in [0.717, 1.165) is 37.3 Å². The summed E-state index contributed by atoms with van der Waals surface area (Å²) in [6.07, 6.45) is 3.04. The monoisotopic (exact) mass is 270 g/mol. The normalized spacial score (nSPS) is 20.1. The van der Waals surface area contributed by atoms with Crippen LogP contribution >= 0.6 is 11.6 Å². The molecule has 0 bridgehead atoms. The predicted octanol–water partition coefficient (Wildman–Crippen LogP) is 2.17. The van der Waals surface area contributed by atoms with Gasteiger partial charge in [0.2, 0.25) is 0 Å². The Labute approximate surface area is 112 Å². The van der Waals surface area contributed by atoms with Gasteiger partial charge in [-0.25, -0.2) is 0 Å². The van der Waals surface area contributed by atoms with Crippen LogP contribution in [0.4, 0.5) is 0 Å². The Kier molecular flexibility index (Phi) is 4.40. The number of halogens is 1. The first-order chi connectivity index (χ1) is 8.63. The van der Waals surface area contributed by atoms with Crippen molar-refractivity contribution in [2.75, 3.05) is 13.2 Å². The largest absolute Gasteiger partial charge is 0.381 e. The van der Waals surface area contributed by atoms with Crippen LogP contribution < -0.4 is 0 Å². The Balaban J connectivity index is 2.08. The highest BCUT2D eigenvalue weighted by atomic mass is 35.5. The minimum atomic E-state index is 0.0230. The van der Waals surface area contributed by atoms with Crippen molar-refractivity contribution in [1.82, 2.24) is 9.78 Å². The van der Waals surface area contributed by atoms with Gasteiger partial charge in [0.05, 0.1) is 29.4 Å². The van der Waals surface area contributed by atoms with Gasteiger partial charge in [0.15, 0.2) is 0 Å². The standard InChI is InChI=1S/C13H19ClN2O2/c1-3-10-13(14)11(16(2)15-10)7-12(17)9-5-4-6-18-8-9/h9H,3-8H2,1-2H3. The zero-order valence-electron chi connectivity index (χ0n) is 10.9. The van der Waals surface area contributed by atoms with Gasteiger partial charge in [-0.05, 0) is 19.3 Å². The molecule has 4 nitrogen and oxygen atoms in total. The van der Waals surface area contributed by atoms with Crippen LogP contribution in [-0.2, 0) is 29.4 Å². The average molecular weight is 271 g/mol. The number of hydrogen-bond donors (Lipinski definition) is 0. The zero-order chi connectivity index (χ0) is 13.1. The second-order valence-electron chi connectivity index (χ2n) is 4.74. The molecule has 1 aliphatic rings. The van der Waals surface area contributed by atoms with Crippen LogP contribution in [0, 0.1) is 5.92 Å². The lowest BCUT2D eigenvalue weighted by Crippen LogP contribution is -2.27. The summed E-state index contributed by atoms with van der Waals surface area (Å²) in [5.74, 6) is 0.233. The third-order valence-electron chi connectivity index (χ3n) is 3.46. The van der Waals surface area contributed by atoms with Gasteiger partial charge in [0.1, 0.15) is 5.78 Å². The smallest absolute Gasteiger partial charge is 0.144 e. The number of Topliss-reactive ketones (excluding diaryl/α,β-unsaturated/α-hetero) is 1. The summed E-state index contributed by atoms with van der Waals surface area (Å²) in [4.78, 5) is 12.2. The molecule has 0 N–H and O–H groups in total. The van der Waals surface area contributed by atoms with Crippen molar-refractivity contribution in [3.63, 3.8) is 0 Å². The molecule has 1 aliphatic heterocycles. The number of ether oxygens (including phenoxy) is 1. The Morgan fingerprint density at radius 3 is 2.94 bits per heavy atom. The van der Waals surface area contributed by atoms with Gasteiger partial charge in [-0.2, -0.15) is 5.10 Å². The minimum absolute atomic E-state index is 0.0230. The summed E-state index contributed by atoms with van der Waals surface area (Å²) in [6.45, 7) is 3.33. The maximum Gasteiger partial charge on any atom is 0.144 e. The van der Waals surface area contributed by atoms with E-state index in [1.165, 1.54) is 0 Å². The summed E-state index contributed by atoms with van der Waals surface area (Å²) < 4.78 is 7.08. The quantitative estimate of drug-likeness (QED) is 0.842. The molecular formula is C13H19ClN2O2. The average Bonchev–Trinajstić information content (AvgIpc) is 2.67. The molecule has 1 aromatic rings. The fourth-order valence-electron chi connectivity index (χ4n) is 2.32. The first kappa shape index (κ1) is 13.6. The maximum atomic E-state index is 12.2.